The molecule has 0 fully saturated rings. The minimum absolute atomic E-state index is 0.286. The molecule has 0 aliphatic rings. The summed E-state index contributed by atoms with van der Waals surface area (Å²) in [7, 11) is 0. The Bertz CT molecular complexity index is 437. The van der Waals surface area contributed by atoms with Gasteiger partial charge in [0.2, 0.25) is 0 Å². The molecular weight excluding hydrogens is 174 g/mol. The lowest BCUT2D eigenvalue weighted by Gasteiger charge is -2.17. The molecule has 2 aromatic heterocycles. The van der Waals surface area contributed by atoms with Gasteiger partial charge < -0.3 is 0 Å². The predicted octanol–water partition coefficient (Wildman–Crippen LogP) is 2.32. The summed E-state index contributed by atoms with van der Waals surface area (Å²) in [6.45, 7) is 6.69. The molecule has 3 nitrogen and oxygen atoms in total. The third kappa shape index (κ3) is 1.76. The van der Waals surface area contributed by atoms with Crippen LogP contribution in [-0.4, -0.2) is 14.6 Å². The van der Waals surface area contributed by atoms with Gasteiger partial charge in [0.25, 0.3) is 0 Å². The number of rotatable bonds is 1. The first-order valence-electron chi connectivity index (χ1n) is 4.83. The molecule has 0 unspecified atom stereocenters. The Labute approximate surface area is 83.8 Å². The van der Waals surface area contributed by atoms with Crippen molar-refractivity contribution in [1.82, 2.24) is 14.6 Å². The van der Waals surface area contributed by atoms with E-state index in [0.717, 1.165) is 12.1 Å². The molecule has 2 heterocycles. The second kappa shape index (κ2) is 3.08. The molecular formula is C11H15N3. The van der Waals surface area contributed by atoms with Gasteiger partial charge in [-0.2, -0.15) is 0 Å². The number of fused-ring (bicyclic) bond motifs is 1. The molecule has 0 bridgehead atoms. The summed E-state index contributed by atoms with van der Waals surface area (Å²) in [5, 5.41) is 8.02. The molecule has 0 saturated carbocycles. The van der Waals surface area contributed by atoms with Crippen molar-refractivity contribution in [3.63, 3.8) is 0 Å². The normalized spacial score (nSPS) is 12.2. The van der Waals surface area contributed by atoms with E-state index in [0.29, 0.717) is 0 Å². The van der Waals surface area contributed by atoms with Crippen LogP contribution in [0.1, 0.15) is 26.3 Å². The zero-order valence-electron chi connectivity index (χ0n) is 8.86. The van der Waals surface area contributed by atoms with Crippen LogP contribution in [-0.2, 0) is 6.42 Å². The van der Waals surface area contributed by atoms with E-state index in [9.17, 15) is 0 Å². The minimum atomic E-state index is 0.286. The fourth-order valence-corrected chi connectivity index (χ4v) is 1.62. The molecule has 0 aliphatic heterocycles. The van der Waals surface area contributed by atoms with E-state index in [1.165, 1.54) is 5.56 Å². The molecule has 2 rings (SSSR count). The Balaban J connectivity index is 2.46. The van der Waals surface area contributed by atoms with Crippen molar-refractivity contribution in [2.75, 3.05) is 0 Å². The molecule has 0 aliphatic carbocycles. The monoisotopic (exact) mass is 189 g/mol. The molecule has 0 radical (unpaired) electrons. The predicted molar refractivity (Wildman–Crippen MR) is 56.1 cm³/mol. The van der Waals surface area contributed by atoms with E-state index >= 15 is 0 Å². The van der Waals surface area contributed by atoms with Crippen LogP contribution in [0.3, 0.4) is 0 Å². The Morgan fingerprint density at radius 2 is 2.14 bits per heavy atom. The van der Waals surface area contributed by atoms with Crippen LogP contribution in [0.25, 0.3) is 5.65 Å². The fourth-order valence-electron chi connectivity index (χ4n) is 1.62. The van der Waals surface area contributed by atoms with E-state index in [1.807, 2.05) is 16.7 Å². The van der Waals surface area contributed by atoms with Crippen molar-refractivity contribution >= 4 is 5.65 Å². The summed E-state index contributed by atoms with van der Waals surface area (Å²) in [4.78, 5) is 0. The molecule has 0 aromatic carbocycles. The number of aromatic nitrogens is 3. The highest BCUT2D eigenvalue weighted by atomic mass is 15.2. The quantitative estimate of drug-likeness (QED) is 0.689. The van der Waals surface area contributed by atoms with Gasteiger partial charge in [0.05, 0.1) is 0 Å². The highest BCUT2D eigenvalue weighted by Crippen LogP contribution is 2.22. The standard InChI is InChI=1S/C11H15N3/c1-11(2,3)7-9-5-4-6-14-8-12-13-10(9)14/h4-6,8H,7H2,1-3H3. The van der Waals surface area contributed by atoms with Gasteiger partial charge in [-0.1, -0.05) is 26.8 Å². The summed E-state index contributed by atoms with van der Waals surface area (Å²) in [5.41, 5.74) is 2.52. The first-order valence-corrected chi connectivity index (χ1v) is 4.83. The van der Waals surface area contributed by atoms with E-state index in [4.69, 9.17) is 0 Å². The zero-order chi connectivity index (χ0) is 10.2. The molecule has 3 heteroatoms. The summed E-state index contributed by atoms with van der Waals surface area (Å²) in [6.07, 6.45) is 4.74. The van der Waals surface area contributed by atoms with E-state index in [2.05, 4.69) is 37.0 Å². The summed E-state index contributed by atoms with van der Waals surface area (Å²) in [6, 6.07) is 4.16. The topological polar surface area (TPSA) is 30.2 Å². The lowest BCUT2D eigenvalue weighted by Crippen LogP contribution is -2.10. The molecule has 0 saturated heterocycles. The second-order valence-electron chi connectivity index (χ2n) is 4.83. The lowest BCUT2D eigenvalue weighted by molar-refractivity contribution is 0.412. The Morgan fingerprint density at radius 3 is 2.86 bits per heavy atom. The van der Waals surface area contributed by atoms with Crippen LogP contribution in [0.2, 0.25) is 0 Å². The Morgan fingerprint density at radius 1 is 1.36 bits per heavy atom. The molecule has 0 atom stereocenters. The van der Waals surface area contributed by atoms with Gasteiger partial charge in [-0.15, -0.1) is 10.2 Å². The minimum Gasteiger partial charge on any atom is -0.289 e. The van der Waals surface area contributed by atoms with Crippen molar-refractivity contribution in [3.8, 4) is 0 Å². The van der Waals surface area contributed by atoms with Crippen molar-refractivity contribution in [1.29, 1.82) is 0 Å². The van der Waals surface area contributed by atoms with E-state index in [1.54, 1.807) is 6.33 Å². The van der Waals surface area contributed by atoms with Gasteiger partial charge in [-0.05, 0) is 23.5 Å². The summed E-state index contributed by atoms with van der Waals surface area (Å²) >= 11 is 0. The van der Waals surface area contributed by atoms with Gasteiger partial charge in [-0.25, -0.2) is 0 Å². The third-order valence-electron chi connectivity index (χ3n) is 2.13. The van der Waals surface area contributed by atoms with Crippen molar-refractivity contribution in [3.05, 3.63) is 30.2 Å². The van der Waals surface area contributed by atoms with Gasteiger partial charge in [-0.3, -0.25) is 4.40 Å². The van der Waals surface area contributed by atoms with Gasteiger partial charge >= 0.3 is 0 Å². The van der Waals surface area contributed by atoms with Crippen LogP contribution in [0, 0.1) is 5.41 Å². The average Bonchev–Trinajstić information content (AvgIpc) is 2.49. The number of hydrogen-bond donors (Lipinski definition) is 0. The van der Waals surface area contributed by atoms with Gasteiger partial charge in [0.15, 0.2) is 5.65 Å². The van der Waals surface area contributed by atoms with Crippen LogP contribution in [0.4, 0.5) is 0 Å². The van der Waals surface area contributed by atoms with Crippen molar-refractivity contribution < 1.29 is 0 Å². The number of nitrogens with zero attached hydrogens (tertiary/aromatic N) is 3. The zero-order valence-corrected chi connectivity index (χ0v) is 8.86. The fraction of sp³-hybridized carbons (Fsp3) is 0.455. The smallest absolute Gasteiger partial charge is 0.163 e. The highest BCUT2D eigenvalue weighted by Gasteiger charge is 2.14. The first-order chi connectivity index (χ1) is 6.56. The molecule has 0 spiro atoms. The number of pyridine rings is 1. The lowest BCUT2D eigenvalue weighted by atomic mass is 9.88. The maximum Gasteiger partial charge on any atom is 0.163 e. The van der Waals surface area contributed by atoms with Crippen LogP contribution in [0.15, 0.2) is 24.7 Å². The van der Waals surface area contributed by atoms with Crippen LogP contribution < -0.4 is 0 Å². The molecule has 0 amide bonds. The molecule has 14 heavy (non-hydrogen) atoms. The number of hydrogen-bond acceptors (Lipinski definition) is 2. The largest absolute Gasteiger partial charge is 0.289 e. The first kappa shape index (κ1) is 9.19. The van der Waals surface area contributed by atoms with Crippen LogP contribution >= 0.6 is 0 Å². The van der Waals surface area contributed by atoms with Crippen LogP contribution in [0.5, 0.6) is 0 Å². The summed E-state index contributed by atoms with van der Waals surface area (Å²) in [5.74, 6) is 0. The Kier molecular flexibility index (Phi) is 2.02. The molecule has 74 valence electrons. The molecule has 0 N–H and O–H groups in total. The van der Waals surface area contributed by atoms with Crippen molar-refractivity contribution in [2.45, 2.75) is 27.2 Å². The SMILES string of the molecule is CC(C)(C)Cc1cccn2cnnc12. The molecule has 2 aromatic rings. The van der Waals surface area contributed by atoms with Gasteiger partial charge in [0.1, 0.15) is 6.33 Å². The van der Waals surface area contributed by atoms with E-state index < -0.39 is 0 Å². The van der Waals surface area contributed by atoms with Gasteiger partial charge in [0, 0.05) is 6.20 Å². The average molecular weight is 189 g/mol. The summed E-state index contributed by atoms with van der Waals surface area (Å²) < 4.78 is 1.96. The maximum atomic E-state index is 4.12. The maximum absolute atomic E-state index is 4.12. The van der Waals surface area contributed by atoms with E-state index in [-0.39, 0.29) is 5.41 Å². The highest BCUT2D eigenvalue weighted by molar-refractivity contribution is 5.46. The Hall–Kier alpha value is -1.38. The third-order valence-corrected chi connectivity index (χ3v) is 2.13. The van der Waals surface area contributed by atoms with Crippen molar-refractivity contribution in [2.24, 2.45) is 5.41 Å². The second-order valence-corrected chi connectivity index (χ2v) is 4.83.